The summed E-state index contributed by atoms with van der Waals surface area (Å²) < 4.78 is 0. The molecule has 128 valence electrons. The maximum Gasteiger partial charge on any atom is 0.250 e. The molecule has 0 saturated heterocycles. The van der Waals surface area contributed by atoms with Gasteiger partial charge in [0.15, 0.2) is 11.7 Å². The van der Waals surface area contributed by atoms with Crippen molar-refractivity contribution in [2.45, 2.75) is 13.8 Å². The Hall–Kier alpha value is -3.59. The van der Waals surface area contributed by atoms with Crippen molar-refractivity contribution in [3.63, 3.8) is 0 Å². The molecule has 1 N–H and O–H groups in total. The van der Waals surface area contributed by atoms with Crippen molar-refractivity contribution in [3.05, 3.63) is 65.5 Å². The van der Waals surface area contributed by atoms with Gasteiger partial charge in [0.05, 0.1) is 11.6 Å². The molecule has 3 rings (SSSR count). The van der Waals surface area contributed by atoms with Gasteiger partial charge in [-0.15, -0.1) is 0 Å². The highest BCUT2D eigenvalue weighted by Gasteiger charge is 2.29. The molecule has 6 heteroatoms. The van der Waals surface area contributed by atoms with Crippen LogP contribution in [-0.2, 0) is 4.79 Å². The maximum atomic E-state index is 13.0. The lowest BCUT2D eigenvalue weighted by atomic mass is 9.94. The zero-order valence-electron chi connectivity index (χ0n) is 14.4. The van der Waals surface area contributed by atoms with Gasteiger partial charge in [0.2, 0.25) is 0 Å². The molecular weight excluding hydrogens is 328 g/mol. The lowest BCUT2D eigenvalue weighted by Gasteiger charge is -2.12. The Morgan fingerprint density at radius 3 is 2.65 bits per heavy atom. The number of rotatable bonds is 4. The van der Waals surface area contributed by atoms with E-state index in [1.54, 1.807) is 31.2 Å². The van der Waals surface area contributed by atoms with Gasteiger partial charge in [0.1, 0.15) is 5.82 Å². The fraction of sp³-hybridized carbons (Fsp3) is 0.150. The Bertz CT molecular complexity index is 1040. The van der Waals surface area contributed by atoms with Crippen molar-refractivity contribution in [3.8, 4) is 6.07 Å². The van der Waals surface area contributed by atoms with Crippen LogP contribution in [0.5, 0.6) is 0 Å². The summed E-state index contributed by atoms with van der Waals surface area (Å²) in [6.07, 6.45) is 1.52. The number of Topliss-reactive ketones (excluding diaryl/α,β-unsaturated/α-hetero) is 1. The van der Waals surface area contributed by atoms with Crippen LogP contribution in [0.4, 0.5) is 5.82 Å². The molecule has 0 aliphatic carbocycles. The van der Waals surface area contributed by atoms with E-state index >= 15 is 0 Å². The Morgan fingerprint density at radius 1 is 1.15 bits per heavy atom. The Kier molecular flexibility index (Phi) is 4.72. The number of benzene rings is 1. The third kappa shape index (κ3) is 3.42. The van der Waals surface area contributed by atoms with Gasteiger partial charge in [-0.3, -0.25) is 14.6 Å². The van der Waals surface area contributed by atoms with Gasteiger partial charge in [-0.2, -0.15) is 5.26 Å². The number of pyridine rings is 2. The minimum Gasteiger partial charge on any atom is -0.309 e. The molecule has 0 aliphatic heterocycles. The molecule has 1 atom stereocenters. The van der Waals surface area contributed by atoms with E-state index in [2.05, 4.69) is 15.3 Å². The first-order valence-electron chi connectivity index (χ1n) is 8.03. The number of aryl methyl sites for hydroxylation is 2. The third-order valence-electron chi connectivity index (χ3n) is 3.93. The lowest BCUT2D eigenvalue weighted by molar-refractivity contribution is -0.117. The van der Waals surface area contributed by atoms with E-state index in [-0.39, 0.29) is 5.82 Å². The summed E-state index contributed by atoms with van der Waals surface area (Å²) in [6, 6.07) is 14.0. The standard InChI is InChI=1S/C20H16N4O2/c1-12-6-7-17-14(9-12)15(10-13(2)23-17)19(25)16(11-21)20(26)24-18-5-3-4-8-22-18/h3-10,16H,1-2H3,(H,22,24,26)/t16-/m0/s1. The number of nitriles is 1. The highest BCUT2D eigenvalue weighted by Crippen LogP contribution is 2.23. The van der Waals surface area contributed by atoms with Crippen molar-refractivity contribution in [1.82, 2.24) is 9.97 Å². The predicted octanol–water partition coefficient (Wildman–Crippen LogP) is 3.21. The summed E-state index contributed by atoms with van der Waals surface area (Å²) in [7, 11) is 0. The Balaban J connectivity index is 1.99. The molecule has 0 radical (unpaired) electrons. The monoisotopic (exact) mass is 344 g/mol. The van der Waals surface area contributed by atoms with Crippen molar-refractivity contribution in [1.29, 1.82) is 5.26 Å². The predicted molar refractivity (Wildman–Crippen MR) is 97.5 cm³/mol. The van der Waals surface area contributed by atoms with E-state index < -0.39 is 17.6 Å². The molecule has 1 aromatic carbocycles. The molecule has 0 saturated carbocycles. The van der Waals surface area contributed by atoms with Gasteiger partial charge < -0.3 is 5.32 Å². The average Bonchev–Trinajstić information content (AvgIpc) is 2.62. The van der Waals surface area contributed by atoms with Gasteiger partial charge >= 0.3 is 0 Å². The number of amides is 1. The smallest absolute Gasteiger partial charge is 0.250 e. The molecule has 26 heavy (non-hydrogen) atoms. The Labute approximate surface area is 150 Å². The molecule has 0 spiro atoms. The van der Waals surface area contributed by atoms with Crippen LogP contribution in [0.1, 0.15) is 21.6 Å². The number of carbonyl (C=O) groups excluding carboxylic acids is 2. The van der Waals surface area contributed by atoms with Crippen LogP contribution in [0, 0.1) is 31.1 Å². The molecule has 3 aromatic rings. The molecule has 2 heterocycles. The molecule has 6 nitrogen and oxygen atoms in total. The summed E-state index contributed by atoms with van der Waals surface area (Å²) in [5.74, 6) is -2.44. The van der Waals surface area contributed by atoms with E-state index in [1.807, 2.05) is 31.2 Å². The van der Waals surface area contributed by atoms with E-state index in [4.69, 9.17) is 0 Å². The first-order chi connectivity index (χ1) is 12.5. The fourth-order valence-electron chi connectivity index (χ4n) is 2.70. The number of nitrogens with zero attached hydrogens (tertiary/aromatic N) is 3. The second-order valence-corrected chi connectivity index (χ2v) is 5.96. The number of hydrogen-bond acceptors (Lipinski definition) is 5. The van der Waals surface area contributed by atoms with Crippen molar-refractivity contribution in [2.75, 3.05) is 5.32 Å². The molecule has 0 unspecified atom stereocenters. The fourth-order valence-corrected chi connectivity index (χ4v) is 2.70. The van der Waals surface area contributed by atoms with Crippen LogP contribution in [-0.4, -0.2) is 21.7 Å². The zero-order valence-corrected chi connectivity index (χ0v) is 14.4. The topological polar surface area (TPSA) is 95.7 Å². The highest BCUT2D eigenvalue weighted by molar-refractivity contribution is 6.19. The number of anilines is 1. The number of aromatic nitrogens is 2. The normalized spacial score (nSPS) is 11.6. The van der Waals surface area contributed by atoms with Crippen LogP contribution >= 0.6 is 0 Å². The largest absolute Gasteiger partial charge is 0.309 e. The summed E-state index contributed by atoms with van der Waals surface area (Å²) in [5.41, 5.74) is 2.58. The number of hydrogen-bond donors (Lipinski definition) is 1. The van der Waals surface area contributed by atoms with Gasteiger partial charge in [-0.1, -0.05) is 17.7 Å². The minimum atomic E-state index is -1.47. The van der Waals surface area contributed by atoms with Gasteiger partial charge in [-0.05, 0) is 44.2 Å². The van der Waals surface area contributed by atoms with Crippen LogP contribution in [0.25, 0.3) is 10.9 Å². The van der Waals surface area contributed by atoms with Crippen LogP contribution in [0.3, 0.4) is 0 Å². The highest BCUT2D eigenvalue weighted by atomic mass is 16.2. The van der Waals surface area contributed by atoms with E-state index in [1.165, 1.54) is 6.20 Å². The van der Waals surface area contributed by atoms with Crippen LogP contribution in [0.15, 0.2) is 48.7 Å². The van der Waals surface area contributed by atoms with Crippen molar-refractivity contribution in [2.24, 2.45) is 5.92 Å². The maximum absolute atomic E-state index is 13.0. The zero-order chi connectivity index (χ0) is 18.7. The molecule has 0 bridgehead atoms. The summed E-state index contributed by atoms with van der Waals surface area (Å²) in [4.78, 5) is 33.8. The molecule has 1 amide bonds. The minimum absolute atomic E-state index is 0.289. The molecule has 0 aliphatic rings. The summed E-state index contributed by atoms with van der Waals surface area (Å²) in [6.45, 7) is 3.68. The third-order valence-corrected chi connectivity index (χ3v) is 3.93. The number of carbonyl (C=O) groups is 2. The average molecular weight is 344 g/mol. The summed E-state index contributed by atoms with van der Waals surface area (Å²) >= 11 is 0. The van der Waals surface area contributed by atoms with E-state index in [0.29, 0.717) is 22.2 Å². The molecule has 2 aromatic heterocycles. The lowest BCUT2D eigenvalue weighted by Crippen LogP contribution is -2.29. The van der Waals surface area contributed by atoms with Crippen LogP contribution in [0.2, 0.25) is 0 Å². The number of nitrogens with one attached hydrogen (secondary N) is 1. The summed E-state index contributed by atoms with van der Waals surface area (Å²) in [5, 5.41) is 12.6. The van der Waals surface area contributed by atoms with Gasteiger partial charge in [-0.25, -0.2) is 4.98 Å². The SMILES string of the molecule is Cc1ccc2nc(C)cc(C(=O)[C@H](C#N)C(=O)Nc3ccccn3)c2c1. The molecular formula is C20H16N4O2. The van der Waals surface area contributed by atoms with E-state index in [0.717, 1.165) is 5.56 Å². The van der Waals surface area contributed by atoms with Crippen molar-refractivity contribution < 1.29 is 9.59 Å². The number of fused-ring (bicyclic) bond motifs is 1. The van der Waals surface area contributed by atoms with Crippen LogP contribution < -0.4 is 5.32 Å². The van der Waals surface area contributed by atoms with E-state index in [9.17, 15) is 14.9 Å². The second kappa shape index (κ2) is 7.11. The second-order valence-electron chi connectivity index (χ2n) is 5.96. The quantitative estimate of drug-likeness (QED) is 0.579. The first kappa shape index (κ1) is 17.2. The van der Waals surface area contributed by atoms with Gasteiger partial charge in [0, 0.05) is 22.8 Å². The number of ketones is 1. The Morgan fingerprint density at radius 2 is 1.96 bits per heavy atom. The first-order valence-corrected chi connectivity index (χ1v) is 8.03. The molecule has 0 fully saturated rings. The van der Waals surface area contributed by atoms with Crippen molar-refractivity contribution >= 4 is 28.4 Å². The van der Waals surface area contributed by atoms with Gasteiger partial charge in [0.25, 0.3) is 5.91 Å².